The highest BCUT2D eigenvalue weighted by atomic mass is 32.2. The van der Waals surface area contributed by atoms with Crippen molar-refractivity contribution < 1.29 is 4.79 Å². The number of hydrogen-bond acceptors (Lipinski definition) is 3. The van der Waals surface area contributed by atoms with E-state index in [1.807, 2.05) is 43.3 Å². The van der Waals surface area contributed by atoms with E-state index in [9.17, 15) is 4.79 Å². The van der Waals surface area contributed by atoms with Crippen molar-refractivity contribution in [3.8, 4) is 0 Å². The Bertz CT molecular complexity index is 807. The van der Waals surface area contributed by atoms with E-state index in [-0.39, 0.29) is 5.78 Å². The molecule has 0 spiro atoms. The number of aryl methyl sites for hydroxylation is 2. The summed E-state index contributed by atoms with van der Waals surface area (Å²) in [4.78, 5) is 20.0. The van der Waals surface area contributed by atoms with Gasteiger partial charge in [0.05, 0.1) is 16.8 Å². The molecular formula is C17H16N2OS. The molecule has 0 atom stereocenters. The van der Waals surface area contributed by atoms with Crippen LogP contribution < -0.4 is 0 Å². The van der Waals surface area contributed by atoms with Crippen LogP contribution in [-0.4, -0.2) is 21.5 Å². The predicted molar refractivity (Wildman–Crippen MR) is 87.1 cm³/mol. The van der Waals surface area contributed by atoms with Crippen molar-refractivity contribution in [2.75, 3.05) is 5.75 Å². The van der Waals surface area contributed by atoms with Crippen LogP contribution in [0, 0.1) is 13.8 Å². The van der Waals surface area contributed by atoms with Gasteiger partial charge in [-0.05, 0) is 37.1 Å². The number of hydrogen-bond donors (Lipinski definition) is 1. The monoisotopic (exact) mass is 296 g/mol. The summed E-state index contributed by atoms with van der Waals surface area (Å²) < 4.78 is 0. The molecule has 0 saturated carbocycles. The van der Waals surface area contributed by atoms with Gasteiger partial charge in [-0.3, -0.25) is 4.79 Å². The minimum absolute atomic E-state index is 0.134. The highest BCUT2D eigenvalue weighted by Gasteiger charge is 2.11. The van der Waals surface area contributed by atoms with E-state index in [0.717, 1.165) is 27.3 Å². The second-order valence-corrected chi connectivity index (χ2v) is 6.05. The van der Waals surface area contributed by atoms with E-state index in [1.54, 1.807) is 0 Å². The third-order valence-corrected chi connectivity index (χ3v) is 4.27. The van der Waals surface area contributed by atoms with Crippen molar-refractivity contribution in [1.29, 1.82) is 0 Å². The molecule has 1 N–H and O–H groups in total. The molecule has 3 aromatic rings. The first kappa shape index (κ1) is 13.9. The fourth-order valence-electron chi connectivity index (χ4n) is 2.27. The van der Waals surface area contributed by atoms with Crippen molar-refractivity contribution in [1.82, 2.24) is 9.97 Å². The van der Waals surface area contributed by atoms with E-state index >= 15 is 0 Å². The lowest BCUT2D eigenvalue weighted by Crippen LogP contribution is -2.04. The fourth-order valence-corrected chi connectivity index (χ4v) is 3.03. The molecule has 2 aromatic carbocycles. The lowest BCUT2D eigenvalue weighted by Gasteiger charge is -2.03. The van der Waals surface area contributed by atoms with Gasteiger partial charge in [0, 0.05) is 5.56 Å². The number of nitrogens with zero attached hydrogens (tertiary/aromatic N) is 1. The Balaban J connectivity index is 1.74. The Morgan fingerprint density at radius 2 is 2.00 bits per heavy atom. The number of H-pyrrole nitrogens is 1. The zero-order valence-electron chi connectivity index (χ0n) is 12.0. The molecule has 0 amide bonds. The molecule has 106 valence electrons. The molecule has 3 nitrogen and oxygen atoms in total. The predicted octanol–water partition coefficient (Wildman–Crippen LogP) is 4.15. The third-order valence-electron chi connectivity index (χ3n) is 3.40. The quantitative estimate of drug-likeness (QED) is 0.581. The number of thioether (sulfide) groups is 1. The summed E-state index contributed by atoms with van der Waals surface area (Å²) in [6, 6.07) is 13.8. The van der Waals surface area contributed by atoms with Gasteiger partial charge in [0.15, 0.2) is 10.9 Å². The van der Waals surface area contributed by atoms with E-state index < -0.39 is 0 Å². The summed E-state index contributed by atoms with van der Waals surface area (Å²) in [6.45, 7) is 4.01. The Morgan fingerprint density at radius 3 is 2.81 bits per heavy atom. The Hall–Kier alpha value is -2.07. The highest BCUT2D eigenvalue weighted by Crippen LogP contribution is 2.21. The van der Waals surface area contributed by atoms with Gasteiger partial charge in [0.25, 0.3) is 0 Å². The molecule has 21 heavy (non-hydrogen) atoms. The molecule has 0 saturated heterocycles. The normalized spacial score (nSPS) is 11.0. The number of imidazole rings is 1. The summed E-state index contributed by atoms with van der Waals surface area (Å²) in [5.41, 5.74) is 4.95. The van der Waals surface area contributed by atoms with Gasteiger partial charge in [0.2, 0.25) is 0 Å². The molecule has 1 heterocycles. The van der Waals surface area contributed by atoms with Crippen LogP contribution in [0.1, 0.15) is 21.5 Å². The molecule has 4 heteroatoms. The summed E-state index contributed by atoms with van der Waals surface area (Å²) in [6.07, 6.45) is 0. The highest BCUT2D eigenvalue weighted by molar-refractivity contribution is 7.99. The second kappa shape index (κ2) is 5.74. The average molecular weight is 296 g/mol. The van der Waals surface area contributed by atoms with E-state index in [0.29, 0.717) is 5.75 Å². The van der Waals surface area contributed by atoms with Gasteiger partial charge in [-0.2, -0.15) is 0 Å². The number of Topliss-reactive ketones (excluding diaryl/α,β-unsaturated/α-hetero) is 1. The molecule has 0 radical (unpaired) electrons. The van der Waals surface area contributed by atoms with Crippen molar-refractivity contribution in [2.24, 2.45) is 0 Å². The number of carbonyl (C=O) groups excluding carboxylic acids is 1. The number of nitrogens with one attached hydrogen (secondary N) is 1. The first-order chi connectivity index (χ1) is 10.1. The van der Waals surface area contributed by atoms with Crippen LogP contribution in [0.2, 0.25) is 0 Å². The Labute approximate surface area is 127 Å². The lowest BCUT2D eigenvalue weighted by molar-refractivity contribution is 0.102. The molecule has 0 aliphatic heterocycles. The number of aromatic amines is 1. The summed E-state index contributed by atoms with van der Waals surface area (Å²) in [5.74, 6) is 0.527. The van der Waals surface area contributed by atoms with Crippen LogP contribution in [0.4, 0.5) is 0 Å². The minimum Gasteiger partial charge on any atom is -0.333 e. The molecule has 0 aliphatic carbocycles. The maximum Gasteiger partial charge on any atom is 0.173 e. The van der Waals surface area contributed by atoms with E-state index in [2.05, 4.69) is 23.0 Å². The maximum atomic E-state index is 12.2. The maximum absolute atomic E-state index is 12.2. The number of fused-ring (bicyclic) bond motifs is 1. The molecule has 3 rings (SSSR count). The largest absolute Gasteiger partial charge is 0.333 e. The smallest absolute Gasteiger partial charge is 0.173 e. The SMILES string of the molecule is Cc1ccc2nc(SCC(=O)c3ccccc3C)[nH]c2c1. The van der Waals surface area contributed by atoms with Crippen LogP contribution >= 0.6 is 11.8 Å². The van der Waals surface area contributed by atoms with Crippen LogP contribution in [0.5, 0.6) is 0 Å². The zero-order chi connectivity index (χ0) is 14.8. The van der Waals surface area contributed by atoms with Crippen LogP contribution in [0.3, 0.4) is 0 Å². The summed E-state index contributed by atoms with van der Waals surface area (Å²) in [7, 11) is 0. The van der Waals surface area contributed by atoms with Gasteiger partial charge in [0.1, 0.15) is 0 Å². The van der Waals surface area contributed by atoms with Gasteiger partial charge in [-0.25, -0.2) is 4.98 Å². The number of rotatable bonds is 4. The van der Waals surface area contributed by atoms with Crippen molar-refractivity contribution >= 4 is 28.6 Å². The second-order valence-electron chi connectivity index (χ2n) is 5.09. The van der Waals surface area contributed by atoms with Crippen molar-refractivity contribution in [3.05, 3.63) is 59.2 Å². The molecule has 1 aromatic heterocycles. The van der Waals surface area contributed by atoms with Crippen LogP contribution in [-0.2, 0) is 0 Å². The number of aromatic nitrogens is 2. The van der Waals surface area contributed by atoms with Gasteiger partial charge < -0.3 is 4.98 Å². The van der Waals surface area contributed by atoms with Crippen molar-refractivity contribution in [3.63, 3.8) is 0 Å². The first-order valence-corrected chi connectivity index (χ1v) is 7.80. The van der Waals surface area contributed by atoms with Gasteiger partial charge >= 0.3 is 0 Å². The zero-order valence-corrected chi connectivity index (χ0v) is 12.8. The summed E-state index contributed by atoms with van der Waals surface area (Å²) >= 11 is 1.45. The topological polar surface area (TPSA) is 45.8 Å². The number of benzene rings is 2. The standard InChI is InChI=1S/C17H16N2OS/c1-11-7-8-14-15(9-11)19-17(18-14)21-10-16(20)13-6-4-3-5-12(13)2/h3-9H,10H2,1-2H3,(H,18,19). The molecule has 0 bridgehead atoms. The number of carbonyl (C=O) groups is 1. The van der Waals surface area contributed by atoms with Gasteiger partial charge in [-0.15, -0.1) is 0 Å². The van der Waals surface area contributed by atoms with Crippen molar-refractivity contribution in [2.45, 2.75) is 19.0 Å². The average Bonchev–Trinajstić information content (AvgIpc) is 2.87. The molecule has 0 unspecified atom stereocenters. The minimum atomic E-state index is 0.134. The first-order valence-electron chi connectivity index (χ1n) is 6.81. The molecule has 0 fully saturated rings. The van der Waals surface area contributed by atoms with E-state index in [4.69, 9.17) is 0 Å². The molecular weight excluding hydrogens is 280 g/mol. The Morgan fingerprint density at radius 1 is 1.19 bits per heavy atom. The van der Waals surface area contributed by atoms with Crippen LogP contribution in [0.25, 0.3) is 11.0 Å². The number of ketones is 1. The van der Waals surface area contributed by atoms with E-state index in [1.165, 1.54) is 17.3 Å². The Kier molecular flexibility index (Phi) is 3.80. The third kappa shape index (κ3) is 3.00. The molecule has 0 aliphatic rings. The van der Waals surface area contributed by atoms with Crippen LogP contribution in [0.15, 0.2) is 47.6 Å². The fraction of sp³-hybridized carbons (Fsp3) is 0.176. The lowest BCUT2D eigenvalue weighted by atomic mass is 10.1. The summed E-state index contributed by atoms with van der Waals surface area (Å²) in [5, 5.41) is 0.789. The van der Waals surface area contributed by atoms with Gasteiger partial charge in [-0.1, -0.05) is 42.1 Å².